The molecule has 2 amide bonds. The summed E-state index contributed by atoms with van der Waals surface area (Å²) >= 11 is 0. The van der Waals surface area contributed by atoms with Crippen molar-refractivity contribution in [2.75, 3.05) is 73.7 Å². The molecule has 1 saturated heterocycles. The maximum absolute atomic E-state index is 13.2. The number of nitrogens with one attached hydrogen (secondary N) is 4. The van der Waals surface area contributed by atoms with E-state index in [1.807, 2.05) is 24.3 Å². The molecule has 0 saturated carbocycles. The molecule has 1 aromatic heterocycles. The van der Waals surface area contributed by atoms with E-state index in [1.54, 1.807) is 6.20 Å². The van der Waals surface area contributed by atoms with Gasteiger partial charge in [-0.2, -0.15) is 4.98 Å². The number of carbonyl (C=O) groups is 2. The van der Waals surface area contributed by atoms with Crippen LogP contribution in [-0.2, 0) is 4.79 Å². The number of amides is 2. The van der Waals surface area contributed by atoms with Gasteiger partial charge in [0.15, 0.2) is 0 Å². The zero-order valence-electron chi connectivity index (χ0n) is 23.0. The molecular weight excluding hydrogens is 494 g/mol. The quantitative estimate of drug-likeness (QED) is 0.399. The van der Waals surface area contributed by atoms with Crippen molar-refractivity contribution in [2.45, 2.75) is 51.0 Å². The monoisotopic (exact) mass is 537 g/mol. The van der Waals surface area contributed by atoms with Crippen LogP contribution in [0.15, 0.2) is 30.5 Å². The molecule has 4 rings (SSSR count). The van der Waals surface area contributed by atoms with E-state index in [2.05, 4.69) is 48.1 Å². The minimum Gasteiger partial charge on any atom is -0.369 e. The highest BCUT2D eigenvalue weighted by atomic mass is 16.2. The van der Waals surface area contributed by atoms with E-state index < -0.39 is 6.04 Å². The first-order valence-electron chi connectivity index (χ1n) is 14.2. The summed E-state index contributed by atoms with van der Waals surface area (Å²) in [5.74, 6) is 0.641. The molecule has 11 nitrogen and oxygen atoms in total. The molecule has 11 heteroatoms. The SMILES string of the molecule is CN1CCN(c2ccc(NC(=O)c3cnc4nc3NCCCC[C@H](N)C(=O)NCCCCCCN4)cc2)CC1. The number of rotatable bonds is 3. The summed E-state index contributed by atoms with van der Waals surface area (Å²) in [6.07, 6.45) is 7.74. The van der Waals surface area contributed by atoms with Crippen LogP contribution in [-0.4, -0.2) is 85.6 Å². The Morgan fingerprint density at radius 3 is 2.33 bits per heavy atom. The van der Waals surface area contributed by atoms with Crippen LogP contribution in [0.5, 0.6) is 0 Å². The third kappa shape index (κ3) is 8.79. The molecule has 6 N–H and O–H groups in total. The number of benzene rings is 1. The second-order valence-electron chi connectivity index (χ2n) is 10.4. The lowest BCUT2D eigenvalue weighted by molar-refractivity contribution is -0.122. The first-order valence-corrected chi connectivity index (χ1v) is 14.2. The van der Waals surface area contributed by atoms with Gasteiger partial charge < -0.3 is 36.8 Å². The van der Waals surface area contributed by atoms with Crippen molar-refractivity contribution in [3.8, 4) is 0 Å². The molecule has 1 fully saturated rings. The van der Waals surface area contributed by atoms with Gasteiger partial charge in [-0.15, -0.1) is 0 Å². The summed E-state index contributed by atoms with van der Waals surface area (Å²) in [4.78, 5) is 39.1. The van der Waals surface area contributed by atoms with Crippen molar-refractivity contribution in [3.63, 3.8) is 0 Å². The maximum Gasteiger partial charge on any atom is 0.260 e. The van der Waals surface area contributed by atoms with Gasteiger partial charge in [-0.1, -0.05) is 12.8 Å². The Labute approximate surface area is 231 Å². The fourth-order valence-corrected chi connectivity index (χ4v) is 4.76. The average molecular weight is 538 g/mol. The molecule has 0 aliphatic carbocycles. The predicted octanol–water partition coefficient (Wildman–Crippen LogP) is 2.49. The summed E-state index contributed by atoms with van der Waals surface area (Å²) in [5, 5.41) is 12.5. The van der Waals surface area contributed by atoms with Crippen molar-refractivity contribution in [1.29, 1.82) is 0 Å². The van der Waals surface area contributed by atoms with Crippen LogP contribution in [0.1, 0.15) is 55.3 Å². The number of nitrogens with two attached hydrogens (primary N) is 1. The molecular formula is C28H43N9O2. The van der Waals surface area contributed by atoms with Gasteiger partial charge in [0, 0.05) is 63.4 Å². The first-order chi connectivity index (χ1) is 19.0. The van der Waals surface area contributed by atoms with E-state index >= 15 is 0 Å². The highest BCUT2D eigenvalue weighted by molar-refractivity contribution is 6.07. The Morgan fingerprint density at radius 1 is 0.923 bits per heavy atom. The van der Waals surface area contributed by atoms with Crippen molar-refractivity contribution < 1.29 is 9.59 Å². The molecule has 1 aromatic carbocycles. The van der Waals surface area contributed by atoms with E-state index in [0.717, 1.165) is 82.6 Å². The molecule has 3 heterocycles. The van der Waals surface area contributed by atoms with E-state index in [4.69, 9.17) is 5.73 Å². The van der Waals surface area contributed by atoms with Gasteiger partial charge in [0.05, 0.1) is 6.04 Å². The third-order valence-electron chi connectivity index (χ3n) is 7.28. The van der Waals surface area contributed by atoms with Gasteiger partial charge >= 0.3 is 0 Å². The molecule has 0 spiro atoms. The van der Waals surface area contributed by atoms with Crippen LogP contribution >= 0.6 is 0 Å². The Kier molecular flexibility index (Phi) is 10.7. The molecule has 0 radical (unpaired) electrons. The second kappa shape index (κ2) is 14.6. The normalized spacial score (nSPS) is 20.5. The molecule has 0 unspecified atom stereocenters. The van der Waals surface area contributed by atoms with E-state index in [9.17, 15) is 9.59 Å². The maximum atomic E-state index is 13.2. The molecule has 2 aliphatic rings. The molecule has 2 aliphatic heterocycles. The van der Waals surface area contributed by atoms with Gasteiger partial charge in [0.1, 0.15) is 11.4 Å². The van der Waals surface area contributed by atoms with E-state index in [1.165, 1.54) is 0 Å². The lowest BCUT2D eigenvalue weighted by Crippen LogP contribution is -2.44. The van der Waals surface area contributed by atoms with Crippen LogP contribution < -0.4 is 31.9 Å². The van der Waals surface area contributed by atoms with Crippen molar-refractivity contribution in [2.24, 2.45) is 5.73 Å². The Hall–Kier alpha value is -3.44. The minimum absolute atomic E-state index is 0.0818. The number of piperazine rings is 1. The van der Waals surface area contributed by atoms with E-state index in [0.29, 0.717) is 36.8 Å². The fraction of sp³-hybridized carbons (Fsp3) is 0.571. The third-order valence-corrected chi connectivity index (χ3v) is 7.28. The summed E-state index contributed by atoms with van der Waals surface area (Å²) in [6, 6.07) is 7.47. The molecule has 2 aromatic rings. The van der Waals surface area contributed by atoms with Gasteiger partial charge in [0.25, 0.3) is 5.91 Å². The van der Waals surface area contributed by atoms with Gasteiger partial charge in [-0.3, -0.25) is 9.59 Å². The first kappa shape index (κ1) is 28.6. The molecule has 39 heavy (non-hydrogen) atoms. The number of hydrogen-bond acceptors (Lipinski definition) is 9. The lowest BCUT2D eigenvalue weighted by atomic mass is 10.1. The van der Waals surface area contributed by atoms with Crippen molar-refractivity contribution in [3.05, 3.63) is 36.0 Å². The number of aromatic nitrogens is 2. The standard InChI is InChI=1S/C28H43N9O2/c1-36-16-18-37(19-17-36)22-11-9-21(10-12-22)34-26(38)23-20-33-28-32-15-6-3-2-5-14-31-27(39)24(29)8-4-7-13-30-25(23)35-28/h9-12,20,24H,2-8,13-19,29H2,1H3,(H,31,39)(H,34,38)(H2,30,32,33,35)/t24-/m0/s1. The van der Waals surface area contributed by atoms with Crippen LogP contribution in [0.25, 0.3) is 0 Å². The van der Waals surface area contributed by atoms with Gasteiger partial charge in [0.2, 0.25) is 11.9 Å². The number of fused-ring (bicyclic) bond motifs is 2. The van der Waals surface area contributed by atoms with Gasteiger partial charge in [-0.05, 0) is 63.4 Å². The lowest BCUT2D eigenvalue weighted by Gasteiger charge is -2.34. The molecule has 1 atom stereocenters. The topological polar surface area (TPSA) is 141 Å². The number of likely N-dealkylation sites (N-methyl/N-ethyl adjacent to an activating group) is 1. The second-order valence-corrected chi connectivity index (χ2v) is 10.4. The fourth-order valence-electron chi connectivity index (χ4n) is 4.76. The zero-order valence-corrected chi connectivity index (χ0v) is 23.0. The largest absolute Gasteiger partial charge is 0.369 e. The highest BCUT2D eigenvalue weighted by Gasteiger charge is 2.18. The zero-order chi connectivity index (χ0) is 27.5. The average Bonchev–Trinajstić information content (AvgIpc) is 2.94. The van der Waals surface area contributed by atoms with E-state index in [-0.39, 0.29) is 11.8 Å². The Morgan fingerprint density at radius 2 is 1.59 bits per heavy atom. The summed E-state index contributed by atoms with van der Waals surface area (Å²) in [7, 11) is 2.14. The molecule has 212 valence electrons. The van der Waals surface area contributed by atoms with Crippen LogP contribution in [0.2, 0.25) is 0 Å². The Bertz CT molecular complexity index is 1070. The number of carbonyl (C=O) groups excluding carboxylic acids is 2. The predicted molar refractivity (Wildman–Crippen MR) is 156 cm³/mol. The number of nitrogens with zero attached hydrogens (tertiary/aromatic N) is 4. The van der Waals surface area contributed by atoms with Gasteiger partial charge in [-0.25, -0.2) is 4.98 Å². The summed E-state index contributed by atoms with van der Waals surface area (Å²) in [6.45, 7) is 6.08. The molecule has 2 bridgehead atoms. The van der Waals surface area contributed by atoms with Crippen molar-refractivity contribution >= 4 is 35.0 Å². The minimum atomic E-state index is -0.497. The van der Waals surface area contributed by atoms with Crippen molar-refractivity contribution in [1.82, 2.24) is 20.2 Å². The summed E-state index contributed by atoms with van der Waals surface area (Å²) in [5.41, 5.74) is 8.32. The Balaban J connectivity index is 1.40. The van der Waals surface area contributed by atoms with Crippen LogP contribution in [0.3, 0.4) is 0 Å². The smallest absolute Gasteiger partial charge is 0.260 e. The number of anilines is 4. The van der Waals surface area contributed by atoms with Crippen LogP contribution in [0, 0.1) is 0 Å². The highest BCUT2D eigenvalue weighted by Crippen LogP contribution is 2.21. The summed E-state index contributed by atoms with van der Waals surface area (Å²) < 4.78 is 0. The van der Waals surface area contributed by atoms with Crippen LogP contribution in [0.4, 0.5) is 23.1 Å². The number of hydrogen-bond donors (Lipinski definition) is 5.